The number of aliphatic hydroxyl groups excluding tert-OH is 1. The Kier molecular flexibility index (Phi) is 7.79. The van der Waals surface area contributed by atoms with Crippen LogP contribution in [-0.4, -0.2) is 40.8 Å². The average molecular weight is 365 g/mol. The van der Waals surface area contributed by atoms with E-state index in [1.165, 1.54) is 0 Å². The number of nitrogens with one attached hydrogen (secondary N) is 2. The molecule has 1 aliphatic rings. The van der Waals surface area contributed by atoms with E-state index in [-0.39, 0.29) is 11.8 Å². The number of amides is 1. The van der Waals surface area contributed by atoms with Crippen molar-refractivity contribution in [3.05, 3.63) is 35.9 Å². The van der Waals surface area contributed by atoms with E-state index in [0.717, 1.165) is 36.5 Å². The first kappa shape index (κ1) is 20.3. The second kappa shape index (κ2) is 9.60. The maximum absolute atomic E-state index is 12.8. The van der Waals surface area contributed by atoms with Gasteiger partial charge in [-0.3, -0.25) is 10.1 Å². The Morgan fingerprint density at radius 1 is 1.32 bits per heavy atom. The van der Waals surface area contributed by atoms with Gasteiger partial charge in [-0.2, -0.15) is 11.8 Å². The molecule has 0 aliphatic carbocycles. The number of hydrogen-bond donors (Lipinski definition) is 3. The largest absolute Gasteiger partial charge is 0.390 e. The molecule has 5 heteroatoms. The smallest absolute Gasteiger partial charge is 0.225 e. The Hall–Kier alpha value is -1.04. The molecule has 1 aromatic rings. The molecule has 4 nitrogen and oxygen atoms in total. The van der Waals surface area contributed by atoms with Crippen LogP contribution in [0.3, 0.4) is 0 Å². The fraction of sp³-hybridized carbons (Fsp3) is 0.650. The summed E-state index contributed by atoms with van der Waals surface area (Å²) >= 11 is 1.83. The first-order chi connectivity index (χ1) is 11.9. The summed E-state index contributed by atoms with van der Waals surface area (Å²) in [6.45, 7) is 6.87. The van der Waals surface area contributed by atoms with E-state index in [1.807, 2.05) is 42.1 Å². The lowest BCUT2D eigenvalue weighted by atomic mass is 9.92. The van der Waals surface area contributed by atoms with Crippen LogP contribution in [0.25, 0.3) is 0 Å². The van der Waals surface area contributed by atoms with E-state index >= 15 is 0 Å². The molecule has 1 fully saturated rings. The van der Waals surface area contributed by atoms with Crippen molar-refractivity contribution < 1.29 is 9.90 Å². The molecule has 2 rings (SSSR count). The number of thioether (sulfide) groups is 1. The highest BCUT2D eigenvalue weighted by Gasteiger charge is 2.38. The summed E-state index contributed by atoms with van der Waals surface area (Å²) in [4.78, 5) is 12.8. The molecular formula is C20H32N2O2S. The van der Waals surface area contributed by atoms with Gasteiger partial charge >= 0.3 is 0 Å². The number of carbonyl (C=O) groups excluding carboxylic acids is 1. The number of hydrogen-bond acceptors (Lipinski definition) is 4. The van der Waals surface area contributed by atoms with E-state index < -0.39 is 11.8 Å². The van der Waals surface area contributed by atoms with Gasteiger partial charge in [0.05, 0.1) is 6.10 Å². The highest BCUT2D eigenvalue weighted by atomic mass is 32.2. The third-order valence-corrected chi connectivity index (χ3v) is 6.01. The molecule has 1 amide bonds. The van der Waals surface area contributed by atoms with Gasteiger partial charge in [-0.15, -0.1) is 0 Å². The minimum atomic E-state index is -0.833. The van der Waals surface area contributed by atoms with Gasteiger partial charge in [0.25, 0.3) is 0 Å². The minimum Gasteiger partial charge on any atom is -0.390 e. The van der Waals surface area contributed by atoms with Crippen LogP contribution in [0.1, 0.15) is 39.2 Å². The maximum atomic E-state index is 12.8. The number of aliphatic hydroxyl groups is 1. The summed E-state index contributed by atoms with van der Waals surface area (Å²) in [6, 6.07) is 10.0. The molecule has 140 valence electrons. The third kappa shape index (κ3) is 6.01. The van der Waals surface area contributed by atoms with Crippen molar-refractivity contribution in [1.29, 1.82) is 0 Å². The van der Waals surface area contributed by atoms with Crippen molar-refractivity contribution in [2.24, 2.45) is 11.8 Å². The van der Waals surface area contributed by atoms with Gasteiger partial charge in [-0.1, -0.05) is 44.2 Å². The molecule has 25 heavy (non-hydrogen) atoms. The summed E-state index contributed by atoms with van der Waals surface area (Å²) < 4.78 is 0. The van der Waals surface area contributed by atoms with Gasteiger partial charge in [0.1, 0.15) is 5.66 Å². The van der Waals surface area contributed by atoms with Crippen LogP contribution in [0.15, 0.2) is 30.3 Å². The lowest BCUT2D eigenvalue weighted by Gasteiger charge is -2.39. The highest BCUT2D eigenvalue weighted by molar-refractivity contribution is 7.99. The third-order valence-electron chi connectivity index (χ3n) is 4.85. The van der Waals surface area contributed by atoms with Crippen LogP contribution in [0, 0.1) is 11.8 Å². The predicted molar refractivity (Wildman–Crippen MR) is 106 cm³/mol. The zero-order valence-electron chi connectivity index (χ0n) is 15.6. The Bertz CT molecular complexity index is 530. The van der Waals surface area contributed by atoms with Gasteiger partial charge in [0, 0.05) is 18.1 Å². The maximum Gasteiger partial charge on any atom is 0.225 e. The quantitative estimate of drug-likeness (QED) is 0.590. The van der Waals surface area contributed by atoms with E-state index in [4.69, 9.17) is 0 Å². The van der Waals surface area contributed by atoms with Crippen LogP contribution in [0.5, 0.6) is 0 Å². The van der Waals surface area contributed by atoms with Crippen molar-refractivity contribution in [3.63, 3.8) is 0 Å². The number of carbonyl (C=O) groups is 1. The molecule has 0 radical (unpaired) electrons. The van der Waals surface area contributed by atoms with Crippen molar-refractivity contribution in [2.75, 3.05) is 18.1 Å². The molecule has 0 saturated carbocycles. The van der Waals surface area contributed by atoms with Crippen molar-refractivity contribution in [3.8, 4) is 0 Å². The zero-order valence-corrected chi connectivity index (χ0v) is 16.4. The summed E-state index contributed by atoms with van der Waals surface area (Å²) in [6.07, 6.45) is 1.79. The zero-order chi connectivity index (χ0) is 18.3. The van der Waals surface area contributed by atoms with E-state index in [9.17, 15) is 9.90 Å². The molecule has 0 spiro atoms. The van der Waals surface area contributed by atoms with Gasteiger partial charge in [0.15, 0.2) is 0 Å². The first-order valence-corrected chi connectivity index (χ1v) is 10.4. The molecule has 0 aromatic heterocycles. The van der Waals surface area contributed by atoms with Crippen LogP contribution in [0.2, 0.25) is 0 Å². The number of rotatable bonds is 9. The predicted octanol–water partition coefficient (Wildman–Crippen LogP) is 2.81. The van der Waals surface area contributed by atoms with Crippen LogP contribution < -0.4 is 10.6 Å². The highest BCUT2D eigenvalue weighted by Crippen LogP contribution is 2.25. The lowest BCUT2D eigenvalue weighted by molar-refractivity contribution is -0.128. The van der Waals surface area contributed by atoms with E-state index in [2.05, 4.69) is 24.5 Å². The monoisotopic (exact) mass is 364 g/mol. The Morgan fingerprint density at radius 2 is 2.04 bits per heavy atom. The summed E-state index contributed by atoms with van der Waals surface area (Å²) in [5, 5.41) is 17.3. The van der Waals surface area contributed by atoms with Crippen LogP contribution in [-0.2, 0) is 11.2 Å². The summed E-state index contributed by atoms with van der Waals surface area (Å²) in [5.41, 5.74) is 0.266. The molecule has 1 aliphatic heterocycles. The topological polar surface area (TPSA) is 61.4 Å². The standard InChI is InChI=1S/C20H32N2O2S/c1-15(2)9-11-21-20(16(3)23,13-17-7-5-4-6-8-17)22-19(24)18-10-12-25-14-18/h4-8,15-16,18,21,23H,9-14H2,1-3H3,(H,22,24). The number of benzene rings is 1. The second-order valence-corrected chi connectivity index (χ2v) is 8.62. The van der Waals surface area contributed by atoms with Gasteiger partial charge in [0.2, 0.25) is 5.91 Å². The normalized spacial score (nSPS) is 21.1. The molecule has 1 aromatic carbocycles. The molecular weight excluding hydrogens is 332 g/mol. The fourth-order valence-corrected chi connectivity index (χ4v) is 4.34. The first-order valence-electron chi connectivity index (χ1n) is 9.30. The molecule has 3 unspecified atom stereocenters. The van der Waals surface area contributed by atoms with E-state index in [0.29, 0.717) is 12.3 Å². The van der Waals surface area contributed by atoms with E-state index in [1.54, 1.807) is 6.92 Å². The second-order valence-electron chi connectivity index (χ2n) is 7.47. The lowest BCUT2D eigenvalue weighted by Crippen LogP contribution is -2.67. The Labute approximate surface area is 156 Å². The fourth-order valence-electron chi connectivity index (χ4n) is 3.12. The van der Waals surface area contributed by atoms with Crippen LogP contribution in [0.4, 0.5) is 0 Å². The minimum absolute atomic E-state index is 0.0470. The van der Waals surface area contributed by atoms with Gasteiger partial charge in [-0.25, -0.2) is 0 Å². The molecule has 0 bridgehead atoms. The molecule has 3 atom stereocenters. The van der Waals surface area contributed by atoms with Crippen molar-refractivity contribution >= 4 is 17.7 Å². The van der Waals surface area contributed by atoms with Crippen molar-refractivity contribution in [2.45, 2.75) is 51.8 Å². The molecule has 1 saturated heterocycles. The van der Waals surface area contributed by atoms with Gasteiger partial charge in [-0.05, 0) is 43.5 Å². The Morgan fingerprint density at radius 3 is 2.60 bits per heavy atom. The summed E-state index contributed by atoms with van der Waals surface area (Å²) in [5.74, 6) is 2.58. The summed E-state index contributed by atoms with van der Waals surface area (Å²) in [7, 11) is 0. The molecule has 1 heterocycles. The van der Waals surface area contributed by atoms with Crippen molar-refractivity contribution in [1.82, 2.24) is 10.6 Å². The van der Waals surface area contributed by atoms with Gasteiger partial charge < -0.3 is 10.4 Å². The molecule has 3 N–H and O–H groups in total. The van der Waals surface area contributed by atoms with Crippen LogP contribution >= 0.6 is 11.8 Å². The Balaban J connectivity index is 2.17. The average Bonchev–Trinajstić information content (AvgIpc) is 3.09. The SMILES string of the molecule is CC(C)CCNC(Cc1ccccc1)(NC(=O)C1CCSC1)C(C)O.